The van der Waals surface area contributed by atoms with E-state index in [2.05, 4.69) is 15.1 Å². The number of benzene rings is 2. The van der Waals surface area contributed by atoms with E-state index in [1.807, 2.05) is 30.3 Å². The molecule has 1 saturated heterocycles. The fraction of sp³-hybridized carbons (Fsp3) is 0.263. The summed E-state index contributed by atoms with van der Waals surface area (Å²) in [7, 11) is 0. The molecule has 2 aromatic carbocycles. The summed E-state index contributed by atoms with van der Waals surface area (Å²) in [5, 5.41) is 12.8. The van der Waals surface area contributed by atoms with E-state index < -0.39 is 0 Å². The van der Waals surface area contributed by atoms with E-state index in [1.165, 1.54) is 0 Å². The number of hydrogen-bond acceptors (Lipinski definition) is 4. The highest BCUT2D eigenvalue weighted by molar-refractivity contribution is 6.33. The Morgan fingerprint density at radius 2 is 1.81 bits per heavy atom. The monoisotopic (exact) mass is 388 g/mol. The molecule has 134 valence electrons. The highest BCUT2D eigenvalue weighted by atomic mass is 35.5. The van der Waals surface area contributed by atoms with Crippen molar-refractivity contribution in [1.82, 2.24) is 4.90 Å². The second-order valence-electron chi connectivity index (χ2n) is 6.07. The van der Waals surface area contributed by atoms with Gasteiger partial charge in [-0.25, -0.2) is 0 Å². The van der Waals surface area contributed by atoms with Crippen LogP contribution in [0.2, 0.25) is 10.0 Å². The van der Waals surface area contributed by atoms with Crippen molar-refractivity contribution in [2.45, 2.75) is 0 Å². The molecule has 1 heterocycles. The van der Waals surface area contributed by atoms with E-state index in [4.69, 9.17) is 28.5 Å². The Hall–Kier alpha value is -2.26. The summed E-state index contributed by atoms with van der Waals surface area (Å²) in [5.41, 5.74) is 2.01. The smallest absolute Gasteiger partial charge is 0.238 e. The molecule has 1 fully saturated rings. The van der Waals surface area contributed by atoms with Crippen LogP contribution in [0.5, 0.6) is 0 Å². The Kier molecular flexibility index (Phi) is 6.00. The predicted octanol–water partition coefficient (Wildman–Crippen LogP) is 3.63. The molecule has 7 heteroatoms. The number of halogens is 2. The van der Waals surface area contributed by atoms with E-state index in [1.54, 1.807) is 18.2 Å². The molecule has 1 amide bonds. The molecule has 0 atom stereocenters. The first-order valence-corrected chi connectivity index (χ1v) is 9.04. The molecule has 3 rings (SSSR count). The summed E-state index contributed by atoms with van der Waals surface area (Å²) in [5.74, 6) is -0.100. The van der Waals surface area contributed by atoms with Gasteiger partial charge in [-0.1, -0.05) is 35.3 Å². The lowest BCUT2D eigenvalue weighted by Gasteiger charge is -2.36. The van der Waals surface area contributed by atoms with Crippen LogP contribution in [-0.2, 0) is 4.79 Å². The summed E-state index contributed by atoms with van der Waals surface area (Å²) >= 11 is 12.2. The third-order valence-corrected chi connectivity index (χ3v) is 4.94. The van der Waals surface area contributed by atoms with Crippen LogP contribution in [0.15, 0.2) is 42.5 Å². The average molecular weight is 389 g/mol. The van der Waals surface area contributed by atoms with E-state index in [9.17, 15) is 4.79 Å². The molecule has 1 aliphatic heterocycles. The van der Waals surface area contributed by atoms with Gasteiger partial charge in [-0.05, 0) is 30.3 Å². The number of anilines is 2. The number of nitriles is 1. The van der Waals surface area contributed by atoms with E-state index in [0.29, 0.717) is 22.8 Å². The summed E-state index contributed by atoms with van der Waals surface area (Å²) in [6.07, 6.45) is 0. The van der Waals surface area contributed by atoms with Gasteiger partial charge in [-0.15, -0.1) is 0 Å². The molecular formula is C19H18Cl2N4O. The van der Waals surface area contributed by atoms with Crippen LogP contribution >= 0.6 is 23.2 Å². The molecule has 0 radical (unpaired) electrons. The number of carbonyl (C=O) groups is 1. The predicted molar refractivity (Wildman–Crippen MR) is 105 cm³/mol. The lowest BCUT2D eigenvalue weighted by Crippen LogP contribution is -2.48. The van der Waals surface area contributed by atoms with Crippen molar-refractivity contribution in [2.24, 2.45) is 0 Å². The minimum absolute atomic E-state index is 0.100. The van der Waals surface area contributed by atoms with Gasteiger partial charge < -0.3 is 10.2 Å². The molecule has 0 aromatic heterocycles. The van der Waals surface area contributed by atoms with E-state index >= 15 is 0 Å². The van der Waals surface area contributed by atoms with Crippen LogP contribution in [0.25, 0.3) is 0 Å². The van der Waals surface area contributed by atoms with Gasteiger partial charge in [0.2, 0.25) is 5.91 Å². The third kappa shape index (κ3) is 4.47. The highest BCUT2D eigenvalue weighted by Gasteiger charge is 2.20. The minimum Gasteiger partial charge on any atom is -0.368 e. The second kappa shape index (κ2) is 8.41. The molecule has 0 spiro atoms. The van der Waals surface area contributed by atoms with Crippen molar-refractivity contribution >= 4 is 40.5 Å². The van der Waals surface area contributed by atoms with Crippen molar-refractivity contribution < 1.29 is 4.79 Å². The Labute approximate surface area is 162 Å². The number of nitrogens with zero attached hydrogens (tertiary/aromatic N) is 3. The lowest BCUT2D eigenvalue weighted by atomic mass is 10.2. The zero-order valence-corrected chi connectivity index (χ0v) is 15.6. The van der Waals surface area contributed by atoms with Crippen molar-refractivity contribution in [1.29, 1.82) is 5.26 Å². The minimum atomic E-state index is -0.100. The van der Waals surface area contributed by atoms with Crippen LogP contribution in [0, 0.1) is 11.3 Å². The van der Waals surface area contributed by atoms with Crippen LogP contribution in [0.1, 0.15) is 5.56 Å². The molecule has 5 nitrogen and oxygen atoms in total. The molecule has 1 N–H and O–H groups in total. The van der Waals surface area contributed by atoms with E-state index in [0.717, 1.165) is 36.9 Å². The first-order valence-electron chi connectivity index (χ1n) is 8.28. The van der Waals surface area contributed by atoms with Gasteiger partial charge in [0.1, 0.15) is 6.07 Å². The van der Waals surface area contributed by atoms with Crippen molar-refractivity contribution in [3.63, 3.8) is 0 Å². The molecule has 0 unspecified atom stereocenters. The molecule has 0 saturated carbocycles. The van der Waals surface area contributed by atoms with Gasteiger partial charge in [0, 0.05) is 31.9 Å². The first-order chi connectivity index (χ1) is 12.6. The van der Waals surface area contributed by atoms with Gasteiger partial charge in [0.15, 0.2) is 0 Å². The van der Waals surface area contributed by atoms with Crippen LogP contribution < -0.4 is 10.2 Å². The maximum absolute atomic E-state index is 12.3. The number of piperazine rings is 1. The summed E-state index contributed by atoms with van der Waals surface area (Å²) in [6, 6.07) is 14.7. The Morgan fingerprint density at radius 1 is 1.08 bits per heavy atom. The Morgan fingerprint density at radius 3 is 2.46 bits per heavy atom. The number of carbonyl (C=O) groups excluding carboxylic acids is 1. The Balaban J connectivity index is 1.51. The number of para-hydroxylation sites is 1. The molecule has 0 bridgehead atoms. The molecule has 0 aliphatic carbocycles. The SMILES string of the molecule is N#Cc1ccc(NC(=O)CN2CCN(c3ccccc3Cl)CC2)cc1Cl. The zero-order chi connectivity index (χ0) is 18.5. The summed E-state index contributed by atoms with van der Waals surface area (Å²) in [6.45, 7) is 3.52. The lowest BCUT2D eigenvalue weighted by molar-refractivity contribution is -0.117. The Bertz CT molecular complexity index is 842. The largest absolute Gasteiger partial charge is 0.368 e. The normalized spacial score (nSPS) is 14.7. The number of amides is 1. The van der Waals surface area contributed by atoms with E-state index in [-0.39, 0.29) is 5.91 Å². The van der Waals surface area contributed by atoms with Crippen molar-refractivity contribution in [2.75, 3.05) is 42.9 Å². The fourth-order valence-corrected chi connectivity index (χ4v) is 3.42. The van der Waals surface area contributed by atoms with Crippen LogP contribution in [0.4, 0.5) is 11.4 Å². The van der Waals surface area contributed by atoms with Crippen molar-refractivity contribution in [3.05, 3.63) is 58.1 Å². The topological polar surface area (TPSA) is 59.4 Å². The number of nitrogens with one attached hydrogen (secondary N) is 1. The zero-order valence-electron chi connectivity index (χ0n) is 14.1. The number of rotatable bonds is 4. The van der Waals surface area contributed by atoms with Crippen LogP contribution in [0.3, 0.4) is 0 Å². The standard InChI is InChI=1S/C19H18Cl2N4O/c20-16-3-1-2-4-18(16)25-9-7-24(8-10-25)13-19(26)23-15-6-5-14(12-22)17(21)11-15/h1-6,11H,7-10,13H2,(H,23,26). The summed E-state index contributed by atoms with van der Waals surface area (Å²) < 4.78 is 0. The molecule has 26 heavy (non-hydrogen) atoms. The van der Waals surface area contributed by atoms with Crippen molar-refractivity contribution in [3.8, 4) is 6.07 Å². The van der Waals surface area contributed by atoms with Gasteiger partial charge in [-0.2, -0.15) is 5.26 Å². The van der Waals surface area contributed by atoms with Crippen LogP contribution in [-0.4, -0.2) is 43.5 Å². The third-order valence-electron chi connectivity index (χ3n) is 4.31. The van der Waals surface area contributed by atoms with Gasteiger partial charge >= 0.3 is 0 Å². The fourth-order valence-electron chi connectivity index (χ4n) is 2.94. The maximum atomic E-state index is 12.3. The van der Waals surface area contributed by atoms with Gasteiger partial charge in [-0.3, -0.25) is 9.69 Å². The highest BCUT2D eigenvalue weighted by Crippen LogP contribution is 2.26. The average Bonchev–Trinajstić information content (AvgIpc) is 2.63. The molecular weight excluding hydrogens is 371 g/mol. The number of hydrogen-bond donors (Lipinski definition) is 1. The second-order valence-corrected chi connectivity index (χ2v) is 6.88. The van der Waals surface area contributed by atoms with Gasteiger partial charge in [0.05, 0.1) is 27.8 Å². The quantitative estimate of drug-likeness (QED) is 0.868. The molecule has 1 aliphatic rings. The first kappa shape index (κ1) is 18.5. The summed E-state index contributed by atoms with van der Waals surface area (Å²) in [4.78, 5) is 16.6. The van der Waals surface area contributed by atoms with Gasteiger partial charge in [0.25, 0.3) is 0 Å². The maximum Gasteiger partial charge on any atom is 0.238 e. The molecule has 2 aromatic rings.